The van der Waals surface area contributed by atoms with Crippen LogP contribution in [-0.4, -0.2) is 72.7 Å². The highest BCUT2D eigenvalue weighted by Crippen LogP contribution is 2.40. The molecule has 2 fully saturated rings. The summed E-state index contributed by atoms with van der Waals surface area (Å²) in [6, 6.07) is 0.477. The van der Waals surface area contributed by atoms with E-state index in [0.717, 1.165) is 38.9 Å². The lowest BCUT2D eigenvalue weighted by Gasteiger charge is -2.41. The molecular weight excluding hydrogens is 266 g/mol. The van der Waals surface area contributed by atoms with Gasteiger partial charge in [-0.05, 0) is 65.2 Å². The summed E-state index contributed by atoms with van der Waals surface area (Å²) in [5, 5.41) is 13.2. The van der Waals surface area contributed by atoms with E-state index in [0.29, 0.717) is 18.5 Å². The molecule has 5 heteroatoms. The molecule has 0 radical (unpaired) electrons. The van der Waals surface area contributed by atoms with Gasteiger partial charge in [0.15, 0.2) is 0 Å². The van der Waals surface area contributed by atoms with Crippen LogP contribution in [0.25, 0.3) is 0 Å². The number of aliphatic carboxylic acids is 1. The first-order valence-corrected chi connectivity index (χ1v) is 8.36. The van der Waals surface area contributed by atoms with Crippen LogP contribution in [0.15, 0.2) is 0 Å². The predicted molar refractivity (Wildman–Crippen MR) is 84.5 cm³/mol. The van der Waals surface area contributed by atoms with Gasteiger partial charge in [-0.1, -0.05) is 6.92 Å². The Kier molecular flexibility index (Phi) is 5.63. The first-order chi connectivity index (χ1) is 9.99. The highest BCUT2D eigenvalue weighted by molar-refractivity contribution is 5.80. The number of likely N-dealkylation sites (tertiary alicyclic amines) is 1. The molecule has 0 aromatic carbocycles. The van der Waals surface area contributed by atoms with E-state index in [2.05, 4.69) is 36.1 Å². The van der Waals surface area contributed by atoms with Crippen molar-refractivity contribution in [3.63, 3.8) is 0 Å². The Morgan fingerprint density at radius 2 is 2.14 bits per heavy atom. The first kappa shape index (κ1) is 16.7. The number of carboxylic acid groups (broad SMARTS) is 1. The molecule has 0 aromatic heterocycles. The number of carboxylic acids is 1. The van der Waals surface area contributed by atoms with E-state index in [9.17, 15) is 9.90 Å². The van der Waals surface area contributed by atoms with Crippen molar-refractivity contribution in [3.8, 4) is 0 Å². The molecule has 1 saturated carbocycles. The standard InChI is InChI=1S/C16H31N3O2/c1-4-9-17-16(15(20)21,13-7-8-13)12-19(3)14-6-5-10-18(2)11-14/h13-14,17H,4-12H2,1-3H3,(H,20,21). The van der Waals surface area contributed by atoms with Gasteiger partial charge in [0, 0.05) is 19.1 Å². The molecule has 5 nitrogen and oxygen atoms in total. The second kappa shape index (κ2) is 7.07. The maximum absolute atomic E-state index is 12.0. The second-order valence-electron chi connectivity index (χ2n) is 6.95. The molecule has 2 rings (SSSR count). The second-order valence-corrected chi connectivity index (χ2v) is 6.95. The lowest BCUT2D eigenvalue weighted by Crippen LogP contribution is -2.62. The third-order valence-electron chi connectivity index (χ3n) is 5.07. The highest BCUT2D eigenvalue weighted by Gasteiger charge is 2.51. The van der Waals surface area contributed by atoms with Gasteiger partial charge in [-0.25, -0.2) is 0 Å². The van der Waals surface area contributed by atoms with Gasteiger partial charge in [-0.3, -0.25) is 9.69 Å². The van der Waals surface area contributed by atoms with Crippen LogP contribution in [0.2, 0.25) is 0 Å². The van der Waals surface area contributed by atoms with E-state index in [1.807, 2.05) is 0 Å². The molecule has 0 bridgehead atoms. The smallest absolute Gasteiger partial charge is 0.325 e. The Bertz CT molecular complexity index is 359. The number of piperidine rings is 1. The van der Waals surface area contributed by atoms with Gasteiger partial charge in [-0.2, -0.15) is 0 Å². The lowest BCUT2D eigenvalue weighted by molar-refractivity contribution is -0.147. The molecule has 0 amide bonds. The summed E-state index contributed by atoms with van der Waals surface area (Å²) in [5.74, 6) is -0.375. The number of nitrogens with one attached hydrogen (secondary N) is 1. The minimum atomic E-state index is -0.749. The van der Waals surface area contributed by atoms with E-state index < -0.39 is 11.5 Å². The van der Waals surface area contributed by atoms with Gasteiger partial charge >= 0.3 is 5.97 Å². The molecule has 21 heavy (non-hydrogen) atoms. The van der Waals surface area contributed by atoms with Gasteiger partial charge in [-0.15, -0.1) is 0 Å². The van der Waals surface area contributed by atoms with Crippen molar-refractivity contribution >= 4 is 5.97 Å². The van der Waals surface area contributed by atoms with Crippen LogP contribution in [0, 0.1) is 5.92 Å². The summed E-state index contributed by atoms with van der Waals surface area (Å²) in [5.41, 5.74) is -0.749. The van der Waals surface area contributed by atoms with E-state index in [-0.39, 0.29) is 0 Å². The monoisotopic (exact) mass is 297 g/mol. The normalized spacial score (nSPS) is 26.8. The van der Waals surface area contributed by atoms with Crippen molar-refractivity contribution in [1.82, 2.24) is 15.1 Å². The fourth-order valence-electron chi connectivity index (χ4n) is 3.59. The average molecular weight is 297 g/mol. The molecule has 2 atom stereocenters. The highest BCUT2D eigenvalue weighted by atomic mass is 16.4. The summed E-state index contributed by atoms with van der Waals surface area (Å²) in [4.78, 5) is 16.6. The summed E-state index contributed by atoms with van der Waals surface area (Å²) in [6.45, 7) is 5.69. The minimum absolute atomic E-state index is 0.297. The lowest BCUT2D eigenvalue weighted by atomic mass is 9.91. The Morgan fingerprint density at radius 3 is 2.67 bits per heavy atom. The summed E-state index contributed by atoms with van der Waals surface area (Å²) >= 11 is 0. The third kappa shape index (κ3) is 3.96. The molecule has 122 valence electrons. The van der Waals surface area contributed by atoms with E-state index in [4.69, 9.17) is 0 Å². The van der Waals surface area contributed by atoms with Crippen LogP contribution in [0.3, 0.4) is 0 Å². The van der Waals surface area contributed by atoms with Crippen molar-refractivity contribution in [2.45, 2.75) is 50.6 Å². The van der Waals surface area contributed by atoms with Crippen LogP contribution in [-0.2, 0) is 4.79 Å². The van der Waals surface area contributed by atoms with Crippen LogP contribution in [0.4, 0.5) is 0 Å². The SMILES string of the molecule is CCCNC(CN(C)C1CCCN(C)C1)(C(=O)O)C1CC1. The molecule has 0 aromatic rings. The van der Waals surface area contributed by atoms with E-state index in [1.54, 1.807) is 0 Å². The maximum atomic E-state index is 12.0. The quantitative estimate of drug-likeness (QED) is 0.706. The van der Waals surface area contributed by atoms with Crippen LogP contribution in [0.5, 0.6) is 0 Å². The summed E-state index contributed by atoms with van der Waals surface area (Å²) < 4.78 is 0. The predicted octanol–water partition coefficient (Wildman–Crippen LogP) is 1.25. The third-order valence-corrected chi connectivity index (χ3v) is 5.07. The fraction of sp³-hybridized carbons (Fsp3) is 0.938. The Balaban J connectivity index is 2.04. The fourth-order valence-corrected chi connectivity index (χ4v) is 3.59. The Hall–Kier alpha value is -0.650. The first-order valence-electron chi connectivity index (χ1n) is 8.36. The van der Waals surface area contributed by atoms with Crippen LogP contribution in [0.1, 0.15) is 39.0 Å². The molecule has 0 spiro atoms. The average Bonchev–Trinajstić information content (AvgIpc) is 3.27. The van der Waals surface area contributed by atoms with E-state index >= 15 is 0 Å². The minimum Gasteiger partial charge on any atom is -0.480 e. The maximum Gasteiger partial charge on any atom is 0.325 e. The number of hydrogen-bond acceptors (Lipinski definition) is 4. The van der Waals surface area contributed by atoms with Gasteiger partial charge in [0.1, 0.15) is 5.54 Å². The van der Waals surface area contributed by atoms with Crippen molar-refractivity contribution in [3.05, 3.63) is 0 Å². The van der Waals surface area contributed by atoms with Crippen molar-refractivity contribution in [2.75, 3.05) is 40.3 Å². The van der Waals surface area contributed by atoms with Gasteiger partial charge < -0.3 is 15.3 Å². The van der Waals surface area contributed by atoms with Gasteiger partial charge in [0.25, 0.3) is 0 Å². The van der Waals surface area contributed by atoms with Crippen LogP contribution < -0.4 is 5.32 Å². The molecule has 1 saturated heterocycles. The van der Waals surface area contributed by atoms with Crippen molar-refractivity contribution in [1.29, 1.82) is 0 Å². The molecule has 1 heterocycles. The molecule has 1 aliphatic heterocycles. The number of rotatable bonds is 8. The summed E-state index contributed by atoms with van der Waals surface area (Å²) in [6.07, 6.45) is 5.44. The van der Waals surface area contributed by atoms with Crippen LogP contribution >= 0.6 is 0 Å². The Labute approximate surface area is 128 Å². The molecular formula is C16H31N3O2. The topological polar surface area (TPSA) is 55.8 Å². The number of hydrogen-bond donors (Lipinski definition) is 2. The zero-order valence-corrected chi connectivity index (χ0v) is 13.8. The number of carbonyl (C=O) groups is 1. The van der Waals surface area contributed by atoms with E-state index in [1.165, 1.54) is 12.8 Å². The zero-order valence-electron chi connectivity index (χ0n) is 13.8. The Morgan fingerprint density at radius 1 is 1.43 bits per heavy atom. The van der Waals surface area contributed by atoms with Gasteiger partial charge in [0.05, 0.1) is 0 Å². The molecule has 2 N–H and O–H groups in total. The van der Waals surface area contributed by atoms with Crippen molar-refractivity contribution in [2.24, 2.45) is 5.92 Å². The largest absolute Gasteiger partial charge is 0.480 e. The van der Waals surface area contributed by atoms with Crippen molar-refractivity contribution < 1.29 is 9.90 Å². The number of nitrogens with zero attached hydrogens (tertiary/aromatic N) is 2. The molecule has 2 aliphatic rings. The zero-order chi connectivity index (χ0) is 15.5. The summed E-state index contributed by atoms with van der Waals surface area (Å²) in [7, 11) is 4.25. The molecule has 1 aliphatic carbocycles. The van der Waals surface area contributed by atoms with Gasteiger partial charge in [0.2, 0.25) is 0 Å². The molecule has 2 unspecified atom stereocenters. The number of likely N-dealkylation sites (N-methyl/N-ethyl adjacent to an activating group) is 2.